The number of phenols is 1. The molecule has 0 saturated carbocycles. The number of methoxy groups -OCH3 is 1. The van der Waals surface area contributed by atoms with Crippen molar-refractivity contribution in [1.29, 1.82) is 0 Å². The molecule has 0 radical (unpaired) electrons. The van der Waals surface area contributed by atoms with Crippen LogP contribution in [0.25, 0.3) is 0 Å². The molecule has 0 aliphatic carbocycles. The number of carbonyl (C=O) groups is 1. The van der Waals surface area contributed by atoms with Crippen LogP contribution >= 0.6 is 0 Å². The van der Waals surface area contributed by atoms with Crippen LogP contribution in [-0.2, 0) is 9.53 Å². The van der Waals surface area contributed by atoms with Crippen LogP contribution in [0.2, 0.25) is 0 Å². The smallest absolute Gasteiger partial charge is 0.306 e. The number of esters is 1. The van der Waals surface area contributed by atoms with Gasteiger partial charge in [0.1, 0.15) is 11.6 Å². The molecule has 1 aromatic carbocycles. The summed E-state index contributed by atoms with van der Waals surface area (Å²) in [7, 11) is 1.37. The van der Waals surface area contributed by atoms with Crippen LogP contribution in [0, 0.1) is 0 Å². The van der Waals surface area contributed by atoms with E-state index in [9.17, 15) is 9.90 Å². The fourth-order valence-corrected chi connectivity index (χ4v) is 3.91. The zero-order valence-electron chi connectivity index (χ0n) is 15.9. The van der Waals surface area contributed by atoms with E-state index in [2.05, 4.69) is 9.88 Å². The number of hydrogen-bond donors (Lipinski definition) is 1. The molecule has 3 heterocycles. The van der Waals surface area contributed by atoms with Gasteiger partial charge in [-0.05, 0) is 31.4 Å². The topological polar surface area (TPSA) is 81.1 Å². The van der Waals surface area contributed by atoms with Crippen molar-refractivity contribution < 1.29 is 24.1 Å². The minimum Gasteiger partial charge on any atom is -0.508 e. The number of aromatic nitrogens is 1. The van der Waals surface area contributed by atoms with Gasteiger partial charge >= 0.3 is 5.97 Å². The van der Waals surface area contributed by atoms with Crippen molar-refractivity contribution in [2.24, 2.45) is 0 Å². The third-order valence-electron chi connectivity index (χ3n) is 5.34. The highest BCUT2D eigenvalue weighted by atomic mass is 16.7. The lowest BCUT2D eigenvalue weighted by Gasteiger charge is -2.31. The molecular formula is C21H24N2O5. The van der Waals surface area contributed by atoms with Gasteiger partial charge in [0.25, 0.3) is 0 Å². The molecule has 2 aliphatic rings. The number of carbonyl (C=O) groups excluding carboxylic acids is 1. The molecule has 2 aromatic rings. The number of fused-ring (bicyclic) bond motifs is 1. The van der Waals surface area contributed by atoms with E-state index in [0.717, 1.165) is 37.3 Å². The lowest BCUT2D eigenvalue weighted by Crippen LogP contribution is -2.31. The maximum atomic E-state index is 12.2. The SMILES string of the molecule is COC(=O)C[C@@H](c1cc2c(cc1O)OCO2)c1cccnc1N1CCCCC1. The summed E-state index contributed by atoms with van der Waals surface area (Å²) in [4.78, 5) is 19.1. The van der Waals surface area contributed by atoms with Crippen molar-refractivity contribution >= 4 is 11.8 Å². The van der Waals surface area contributed by atoms with Gasteiger partial charge in [-0.1, -0.05) is 6.07 Å². The molecule has 1 atom stereocenters. The Morgan fingerprint density at radius 1 is 1.21 bits per heavy atom. The maximum absolute atomic E-state index is 12.2. The number of ether oxygens (including phenoxy) is 3. The van der Waals surface area contributed by atoms with Crippen molar-refractivity contribution in [2.45, 2.75) is 31.6 Å². The first-order valence-electron chi connectivity index (χ1n) is 9.56. The van der Waals surface area contributed by atoms with Gasteiger partial charge in [0.05, 0.1) is 13.5 Å². The Bertz CT molecular complexity index is 864. The average Bonchev–Trinajstić information content (AvgIpc) is 3.19. The van der Waals surface area contributed by atoms with E-state index in [0.29, 0.717) is 17.1 Å². The molecule has 1 aromatic heterocycles. The highest BCUT2D eigenvalue weighted by molar-refractivity contribution is 5.73. The minimum atomic E-state index is -0.410. The summed E-state index contributed by atoms with van der Waals surface area (Å²) < 4.78 is 15.8. The van der Waals surface area contributed by atoms with E-state index in [1.165, 1.54) is 13.5 Å². The third kappa shape index (κ3) is 3.56. The summed E-state index contributed by atoms with van der Waals surface area (Å²) in [6.45, 7) is 1.98. The van der Waals surface area contributed by atoms with Crippen molar-refractivity contribution in [3.05, 3.63) is 41.6 Å². The zero-order valence-corrected chi connectivity index (χ0v) is 15.9. The van der Waals surface area contributed by atoms with Gasteiger partial charge in [-0.25, -0.2) is 4.98 Å². The Kier molecular flexibility index (Phi) is 5.23. The van der Waals surface area contributed by atoms with Crippen LogP contribution in [0.3, 0.4) is 0 Å². The molecule has 0 unspecified atom stereocenters. The first kappa shape index (κ1) is 18.4. The number of hydrogen-bond acceptors (Lipinski definition) is 7. The number of rotatable bonds is 5. The van der Waals surface area contributed by atoms with Crippen LogP contribution in [0.5, 0.6) is 17.2 Å². The lowest BCUT2D eigenvalue weighted by atomic mass is 9.87. The van der Waals surface area contributed by atoms with Crippen molar-refractivity contribution in [1.82, 2.24) is 4.98 Å². The number of nitrogens with zero attached hydrogens (tertiary/aromatic N) is 2. The first-order chi connectivity index (χ1) is 13.7. The van der Waals surface area contributed by atoms with E-state index in [-0.39, 0.29) is 24.9 Å². The molecule has 1 fully saturated rings. The first-order valence-corrected chi connectivity index (χ1v) is 9.56. The molecule has 0 amide bonds. The normalized spacial score (nSPS) is 16.7. The van der Waals surface area contributed by atoms with E-state index in [1.54, 1.807) is 18.3 Å². The Morgan fingerprint density at radius 2 is 1.96 bits per heavy atom. The minimum absolute atomic E-state index is 0.0617. The second-order valence-electron chi connectivity index (χ2n) is 7.06. The predicted octanol–water partition coefficient (Wildman–Crippen LogP) is 3.20. The van der Waals surface area contributed by atoms with E-state index in [1.807, 2.05) is 12.1 Å². The lowest BCUT2D eigenvalue weighted by molar-refractivity contribution is -0.140. The summed E-state index contributed by atoms with van der Waals surface area (Å²) in [5, 5.41) is 10.7. The molecule has 1 saturated heterocycles. The average molecular weight is 384 g/mol. The van der Waals surface area contributed by atoms with Gasteiger partial charge in [-0.3, -0.25) is 4.79 Å². The molecule has 0 bridgehead atoms. The number of piperidine rings is 1. The van der Waals surface area contributed by atoms with Crippen LogP contribution in [0.1, 0.15) is 42.7 Å². The van der Waals surface area contributed by atoms with Crippen LogP contribution < -0.4 is 14.4 Å². The Morgan fingerprint density at radius 3 is 2.71 bits per heavy atom. The molecule has 148 valence electrons. The predicted molar refractivity (Wildman–Crippen MR) is 103 cm³/mol. The summed E-state index contributed by atoms with van der Waals surface area (Å²) >= 11 is 0. The van der Waals surface area contributed by atoms with Gasteiger partial charge < -0.3 is 24.2 Å². The second-order valence-corrected chi connectivity index (χ2v) is 7.06. The molecule has 1 N–H and O–H groups in total. The summed E-state index contributed by atoms with van der Waals surface area (Å²) in [5.41, 5.74) is 1.49. The van der Waals surface area contributed by atoms with Gasteiger partial charge in [-0.2, -0.15) is 0 Å². The number of phenolic OH excluding ortho intramolecular Hbond substituents is 1. The number of benzene rings is 1. The highest BCUT2D eigenvalue weighted by Gasteiger charge is 2.29. The van der Waals surface area contributed by atoms with E-state index < -0.39 is 5.92 Å². The summed E-state index contributed by atoms with van der Waals surface area (Å²) in [6, 6.07) is 7.11. The van der Waals surface area contributed by atoms with E-state index in [4.69, 9.17) is 14.2 Å². The fourth-order valence-electron chi connectivity index (χ4n) is 3.91. The third-order valence-corrected chi connectivity index (χ3v) is 5.34. The van der Waals surface area contributed by atoms with Crippen molar-refractivity contribution in [3.63, 3.8) is 0 Å². The van der Waals surface area contributed by atoms with Gasteiger partial charge in [0.2, 0.25) is 6.79 Å². The fraction of sp³-hybridized carbons (Fsp3) is 0.429. The molecule has 2 aliphatic heterocycles. The molecular weight excluding hydrogens is 360 g/mol. The van der Waals surface area contributed by atoms with Gasteiger partial charge in [-0.15, -0.1) is 0 Å². The molecule has 28 heavy (non-hydrogen) atoms. The standard InChI is InChI=1S/C21H24N2O5/c1-26-20(25)11-15(16-10-18-19(12-17(16)24)28-13-27-18)14-6-5-7-22-21(14)23-8-3-2-4-9-23/h5-7,10,12,15,24H,2-4,8-9,11,13H2,1H3/t15-/m1/s1. The van der Waals surface area contributed by atoms with Crippen LogP contribution in [0.15, 0.2) is 30.5 Å². The quantitative estimate of drug-likeness (QED) is 0.793. The number of anilines is 1. The van der Waals surface area contributed by atoms with Crippen molar-refractivity contribution in [2.75, 3.05) is 31.9 Å². The molecule has 7 heteroatoms. The molecule has 4 rings (SSSR count). The van der Waals surface area contributed by atoms with Crippen LogP contribution in [-0.4, -0.2) is 43.1 Å². The summed E-state index contributed by atoms with van der Waals surface area (Å²) in [5.74, 6) is 1.22. The summed E-state index contributed by atoms with van der Waals surface area (Å²) in [6.07, 6.45) is 5.31. The van der Waals surface area contributed by atoms with Gasteiger partial charge in [0, 0.05) is 42.4 Å². The van der Waals surface area contributed by atoms with Gasteiger partial charge in [0.15, 0.2) is 11.5 Å². The second kappa shape index (κ2) is 7.96. The number of pyridine rings is 1. The monoisotopic (exact) mass is 384 g/mol. The van der Waals surface area contributed by atoms with E-state index >= 15 is 0 Å². The Labute approximate surface area is 163 Å². The van der Waals surface area contributed by atoms with Crippen LogP contribution in [0.4, 0.5) is 5.82 Å². The molecule has 0 spiro atoms. The molecule has 7 nitrogen and oxygen atoms in total. The highest BCUT2D eigenvalue weighted by Crippen LogP contribution is 2.44. The Balaban J connectivity index is 1.79. The Hall–Kier alpha value is -2.96. The maximum Gasteiger partial charge on any atom is 0.306 e. The zero-order chi connectivity index (χ0) is 19.5. The van der Waals surface area contributed by atoms with Crippen molar-refractivity contribution in [3.8, 4) is 17.2 Å². The largest absolute Gasteiger partial charge is 0.508 e. The number of aromatic hydroxyl groups is 1.